The molecular weight excluding hydrogens is 402 g/mol. The zero-order chi connectivity index (χ0) is 22.1. The van der Waals surface area contributed by atoms with Crippen LogP contribution in [0.4, 0.5) is 0 Å². The molecule has 1 fully saturated rings. The number of benzene rings is 2. The van der Waals surface area contributed by atoms with E-state index in [1.807, 2.05) is 6.92 Å². The Morgan fingerprint density at radius 3 is 2.48 bits per heavy atom. The second-order valence-corrected chi connectivity index (χ2v) is 7.47. The molecule has 8 heteroatoms. The van der Waals surface area contributed by atoms with E-state index < -0.39 is 23.7 Å². The van der Waals surface area contributed by atoms with Gasteiger partial charge in [-0.15, -0.1) is 0 Å². The molecule has 31 heavy (non-hydrogen) atoms. The smallest absolute Gasteiger partial charge is 0.303 e. The van der Waals surface area contributed by atoms with Gasteiger partial charge in [0.2, 0.25) is 6.79 Å². The van der Waals surface area contributed by atoms with E-state index in [1.165, 1.54) is 4.90 Å². The van der Waals surface area contributed by atoms with Crippen molar-refractivity contribution in [2.45, 2.75) is 25.8 Å². The molecular formula is C23H21NO7. The second kappa shape index (κ2) is 8.14. The maximum absolute atomic E-state index is 12.9. The predicted octanol–water partition coefficient (Wildman–Crippen LogP) is 3.01. The lowest BCUT2D eigenvalue weighted by Gasteiger charge is -2.25. The average Bonchev–Trinajstić information content (AvgIpc) is 3.31. The van der Waals surface area contributed by atoms with Gasteiger partial charge < -0.3 is 24.6 Å². The van der Waals surface area contributed by atoms with Crippen LogP contribution in [0.3, 0.4) is 0 Å². The third-order valence-electron chi connectivity index (χ3n) is 5.37. The minimum absolute atomic E-state index is 0.0388. The molecule has 2 aromatic carbocycles. The Morgan fingerprint density at radius 1 is 1.06 bits per heavy atom. The van der Waals surface area contributed by atoms with E-state index in [2.05, 4.69) is 0 Å². The normalized spacial score (nSPS) is 19.1. The van der Waals surface area contributed by atoms with Gasteiger partial charge in [-0.25, -0.2) is 0 Å². The number of aliphatic hydroxyl groups is 1. The molecule has 2 aliphatic rings. The van der Waals surface area contributed by atoms with E-state index in [0.29, 0.717) is 22.6 Å². The Kier molecular flexibility index (Phi) is 5.37. The molecule has 2 aromatic rings. The van der Waals surface area contributed by atoms with Crippen molar-refractivity contribution in [3.05, 3.63) is 64.7 Å². The number of ether oxygens (including phenoxy) is 2. The van der Waals surface area contributed by atoms with Gasteiger partial charge in [0.15, 0.2) is 11.5 Å². The molecule has 0 bridgehead atoms. The Labute approximate surface area is 178 Å². The number of hydrogen-bond donors (Lipinski definition) is 2. The summed E-state index contributed by atoms with van der Waals surface area (Å²) in [6, 6.07) is 11.1. The highest BCUT2D eigenvalue weighted by Gasteiger charge is 2.46. The number of aliphatic carboxylic acids is 1. The van der Waals surface area contributed by atoms with Crippen molar-refractivity contribution in [3.63, 3.8) is 0 Å². The summed E-state index contributed by atoms with van der Waals surface area (Å²) in [4.78, 5) is 38.0. The number of carbonyl (C=O) groups excluding carboxylic acids is 2. The molecule has 1 amide bonds. The predicted molar refractivity (Wildman–Crippen MR) is 110 cm³/mol. The lowest BCUT2D eigenvalue weighted by molar-refractivity contribution is -0.140. The summed E-state index contributed by atoms with van der Waals surface area (Å²) in [5.41, 5.74) is 1.92. The van der Waals surface area contributed by atoms with Crippen LogP contribution in [-0.4, -0.2) is 46.1 Å². The lowest BCUT2D eigenvalue weighted by Crippen LogP contribution is -2.31. The van der Waals surface area contributed by atoms with E-state index in [9.17, 15) is 19.5 Å². The number of Topliss-reactive ketones (excluding diaryl/α,β-unsaturated/α-hetero) is 1. The van der Waals surface area contributed by atoms with Crippen molar-refractivity contribution in [2.24, 2.45) is 0 Å². The standard InChI is InChI=1S/C23H21NO7/c1-13-4-6-14(7-5-13)21(27)19-20(15-8-9-16-17(11-15)31-12-30-16)24(23(29)22(19)28)10-2-3-18(25)26/h4-9,11,20,27H,2-3,10,12H2,1H3,(H,25,26)/t20-/m0/s1. The maximum Gasteiger partial charge on any atom is 0.303 e. The fourth-order valence-corrected chi connectivity index (χ4v) is 3.81. The van der Waals surface area contributed by atoms with Crippen LogP contribution in [0.25, 0.3) is 5.76 Å². The number of nitrogens with zero attached hydrogens (tertiary/aromatic N) is 1. The van der Waals surface area contributed by atoms with E-state index in [-0.39, 0.29) is 37.5 Å². The number of carboxylic acid groups (broad SMARTS) is 1. The number of rotatable bonds is 6. The number of aliphatic hydroxyl groups excluding tert-OH is 1. The molecule has 0 radical (unpaired) electrons. The summed E-state index contributed by atoms with van der Waals surface area (Å²) in [5.74, 6) is -1.83. The number of ketones is 1. The SMILES string of the molecule is Cc1ccc(C(O)=C2C(=O)C(=O)N(CCCC(=O)O)[C@H]2c2ccc3c(c2)OCO3)cc1. The van der Waals surface area contributed by atoms with Gasteiger partial charge in [0.25, 0.3) is 11.7 Å². The Hall–Kier alpha value is -3.81. The number of hydrogen-bond acceptors (Lipinski definition) is 6. The minimum Gasteiger partial charge on any atom is -0.507 e. The largest absolute Gasteiger partial charge is 0.507 e. The van der Waals surface area contributed by atoms with Crippen LogP contribution in [0.2, 0.25) is 0 Å². The monoisotopic (exact) mass is 423 g/mol. The van der Waals surface area contributed by atoms with Gasteiger partial charge in [0.1, 0.15) is 5.76 Å². The fourth-order valence-electron chi connectivity index (χ4n) is 3.81. The third kappa shape index (κ3) is 3.84. The summed E-state index contributed by atoms with van der Waals surface area (Å²) >= 11 is 0. The van der Waals surface area contributed by atoms with Crippen LogP contribution < -0.4 is 9.47 Å². The number of carbonyl (C=O) groups is 3. The topological polar surface area (TPSA) is 113 Å². The summed E-state index contributed by atoms with van der Waals surface area (Å²) < 4.78 is 10.8. The highest BCUT2D eigenvalue weighted by molar-refractivity contribution is 6.46. The van der Waals surface area contributed by atoms with Gasteiger partial charge in [-0.1, -0.05) is 35.9 Å². The van der Waals surface area contributed by atoms with Crippen LogP contribution in [0, 0.1) is 6.92 Å². The summed E-state index contributed by atoms with van der Waals surface area (Å²) in [5, 5.41) is 19.9. The molecule has 1 saturated heterocycles. The van der Waals surface area contributed by atoms with E-state index >= 15 is 0 Å². The zero-order valence-electron chi connectivity index (χ0n) is 16.8. The van der Waals surface area contributed by atoms with Gasteiger partial charge in [-0.2, -0.15) is 0 Å². The molecule has 1 atom stereocenters. The van der Waals surface area contributed by atoms with Gasteiger partial charge >= 0.3 is 5.97 Å². The van der Waals surface area contributed by atoms with Crippen molar-refractivity contribution in [1.82, 2.24) is 4.90 Å². The van der Waals surface area contributed by atoms with Gasteiger partial charge in [-0.05, 0) is 31.0 Å². The van der Waals surface area contributed by atoms with Crippen LogP contribution in [0.1, 0.15) is 35.6 Å². The number of likely N-dealkylation sites (tertiary alicyclic amines) is 1. The molecule has 2 aliphatic heterocycles. The molecule has 0 saturated carbocycles. The molecule has 2 N–H and O–H groups in total. The van der Waals surface area contributed by atoms with Crippen LogP contribution in [-0.2, 0) is 14.4 Å². The maximum atomic E-state index is 12.9. The van der Waals surface area contributed by atoms with Crippen LogP contribution >= 0.6 is 0 Å². The van der Waals surface area contributed by atoms with Crippen LogP contribution in [0.15, 0.2) is 48.0 Å². The Morgan fingerprint density at radius 2 is 1.77 bits per heavy atom. The minimum atomic E-state index is -0.990. The molecule has 160 valence electrons. The summed E-state index contributed by atoms with van der Waals surface area (Å²) in [7, 11) is 0. The van der Waals surface area contributed by atoms with Crippen LogP contribution in [0.5, 0.6) is 11.5 Å². The van der Waals surface area contributed by atoms with Crippen molar-refractivity contribution in [2.75, 3.05) is 13.3 Å². The first-order valence-electron chi connectivity index (χ1n) is 9.83. The molecule has 4 rings (SSSR count). The highest BCUT2D eigenvalue weighted by atomic mass is 16.7. The molecule has 0 aromatic heterocycles. The van der Waals surface area contributed by atoms with E-state index in [0.717, 1.165) is 5.56 Å². The average molecular weight is 423 g/mol. The zero-order valence-corrected chi connectivity index (χ0v) is 16.8. The number of amides is 1. The number of carboxylic acids is 1. The summed E-state index contributed by atoms with van der Waals surface area (Å²) in [6.07, 6.45) is 0.0306. The third-order valence-corrected chi connectivity index (χ3v) is 5.37. The Balaban J connectivity index is 1.80. The molecule has 8 nitrogen and oxygen atoms in total. The summed E-state index contributed by atoms with van der Waals surface area (Å²) in [6.45, 7) is 2.03. The number of aryl methyl sites for hydroxylation is 1. The fraction of sp³-hybridized carbons (Fsp3) is 0.261. The second-order valence-electron chi connectivity index (χ2n) is 7.47. The van der Waals surface area contributed by atoms with Gasteiger partial charge in [-0.3, -0.25) is 14.4 Å². The van der Waals surface area contributed by atoms with Crippen molar-refractivity contribution < 1.29 is 34.1 Å². The lowest BCUT2D eigenvalue weighted by atomic mass is 9.94. The van der Waals surface area contributed by atoms with Gasteiger partial charge in [0.05, 0.1) is 11.6 Å². The van der Waals surface area contributed by atoms with Crippen molar-refractivity contribution in [1.29, 1.82) is 0 Å². The first kappa shape index (κ1) is 20.5. The Bertz CT molecular complexity index is 1090. The molecule has 0 unspecified atom stereocenters. The quantitative estimate of drug-likeness (QED) is 0.417. The molecule has 0 aliphatic carbocycles. The first-order chi connectivity index (χ1) is 14.9. The first-order valence-corrected chi connectivity index (χ1v) is 9.83. The van der Waals surface area contributed by atoms with Gasteiger partial charge in [0, 0.05) is 18.5 Å². The van der Waals surface area contributed by atoms with E-state index in [4.69, 9.17) is 14.6 Å². The molecule has 0 spiro atoms. The molecule has 2 heterocycles. The van der Waals surface area contributed by atoms with Crippen molar-refractivity contribution in [3.8, 4) is 11.5 Å². The number of fused-ring (bicyclic) bond motifs is 1. The van der Waals surface area contributed by atoms with E-state index in [1.54, 1.807) is 42.5 Å². The highest BCUT2D eigenvalue weighted by Crippen LogP contribution is 2.43. The van der Waals surface area contributed by atoms with Crippen molar-refractivity contribution >= 4 is 23.4 Å².